The van der Waals surface area contributed by atoms with Crippen molar-refractivity contribution in [1.82, 2.24) is 14.9 Å². The molecule has 144 valence electrons. The Balaban J connectivity index is 1.51. The maximum absolute atomic E-state index is 12.5. The van der Waals surface area contributed by atoms with Crippen molar-refractivity contribution in [3.63, 3.8) is 0 Å². The second-order valence-corrected chi connectivity index (χ2v) is 6.78. The van der Waals surface area contributed by atoms with Crippen molar-refractivity contribution >= 4 is 11.7 Å². The van der Waals surface area contributed by atoms with Crippen LogP contribution in [0.5, 0.6) is 5.88 Å². The summed E-state index contributed by atoms with van der Waals surface area (Å²) in [5.41, 5.74) is 1.06. The molecule has 1 fully saturated rings. The Morgan fingerprint density at radius 3 is 2.78 bits per heavy atom. The smallest absolute Gasteiger partial charge is 0.257 e. The minimum atomic E-state index is -0.0905. The van der Waals surface area contributed by atoms with Crippen LogP contribution in [0.25, 0.3) is 0 Å². The molecule has 0 bridgehead atoms. The Kier molecular flexibility index (Phi) is 6.59. The summed E-state index contributed by atoms with van der Waals surface area (Å²) in [6.45, 7) is 1.78. The molecule has 0 radical (unpaired) electrons. The summed E-state index contributed by atoms with van der Waals surface area (Å²) < 4.78 is 11.6. The van der Waals surface area contributed by atoms with Gasteiger partial charge in [0.2, 0.25) is 5.91 Å². The van der Waals surface area contributed by atoms with Crippen LogP contribution < -0.4 is 9.64 Å². The van der Waals surface area contributed by atoms with Crippen LogP contribution in [0.4, 0.5) is 5.82 Å². The molecule has 0 aliphatic carbocycles. The van der Waals surface area contributed by atoms with Crippen molar-refractivity contribution < 1.29 is 14.3 Å². The third-order valence-corrected chi connectivity index (χ3v) is 4.42. The lowest BCUT2D eigenvalue weighted by Gasteiger charge is -2.33. The van der Waals surface area contributed by atoms with Gasteiger partial charge in [0.15, 0.2) is 5.82 Å². The highest BCUT2D eigenvalue weighted by atomic mass is 16.5. The second-order valence-electron chi connectivity index (χ2n) is 6.78. The fraction of sp³-hybridized carbons (Fsp3) is 0.450. The molecular formula is C20H26N4O3. The number of piperidine rings is 1. The second kappa shape index (κ2) is 9.32. The average molecular weight is 370 g/mol. The van der Waals surface area contributed by atoms with Crippen molar-refractivity contribution in [3.05, 3.63) is 48.3 Å². The summed E-state index contributed by atoms with van der Waals surface area (Å²) >= 11 is 0. The van der Waals surface area contributed by atoms with Crippen LogP contribution in [0, 0.1) is 0 Å². The molecule has 2 aromatic rings. The fourth-order valence-corrected chi connectivity index (χ4v) is 3.05. The first kappa shape index (κ1) is 19.1. The molecule has 0 N–H and O–H groups in total. The van der Waals surface area contributed by atoms with Crippen LogP contribution in [0.1, 0.15) is 18.4 Å². The normalized spacial score (nSPS) is 16.8. The summed E-state index contributed by atoms with van der Waals surface area (Å²) in [4.78, 5) is 24.7. The van der Waals surface area contributed by atoms with E-state index < -0.39 is 0 Å². The first-order chi connectivity index (χ1) is 13.1. The molecule has 1 aliphatic rings. The van der Waals surface area contributed by atoms with Gasteiger partial charge in [-0.05, 0) is 18.4 Å². The monoisotopic (exact) mass is 370 g/mol. The standard InChI is InChI=1S/C20H26N4O3/c1-23(2)19-20(22-11-10-21-19)27-17-9-6-12-24(13-17)18(25)15-26-14-16-7-4-3-5-8-16/h3-5,7-8,10-11,17H,6,9,12-15H2,1-2H3. The molecule has 3 rings (SSSR count). The number of carbonyl (C=O) groups excluding carboxylic acids is 1. The maximum Gasteiger partial charge on any atom is 0.257 e. The van der Waals surface area contributed by atoms with E-state index in [1.807, 2.05) is 54.2 Å². The van der Waals surface area contributed by atoms with E-state index in [1.54, 1.807) is 12.4 Å². The third kappa shape index (κ3) is 5.40. The van der Waals surface area contributed by atoms with E-state index in [2.05, 4.69) is 9.97 Å². The van der Waals surface area contributed by atoms with Gasteiger partial charge >= 0.3 is 0 Å². The van der Waals surface area contributed by atoms with Gasteiger partial charge in [0, 0.05) is 33.0 Å². The van der Waals surface area contributed by atoms with Crippen molar-refractivity contribution in [1.29, 1.82) is 0 Å². The summed E-state index contributed by atoms with van der Waals surface area (Å²) in [5, 5.41) is 0. The van der Waals surface area contributed by atoms with E-state index in [1.165, 1.54) is 0 Å². The Morgan fingerprint density at radius 2 is 2.00 bits per heavy atom. The molecule has 0 spiro atoms. The van der Waals surface area contributed by atoms with E-state index in [0.717, 1.165) is 24.9 Å². The zero-order chi connectivity index (χ0) is 19.1. The van der Waals surface area contributed by atoms with Crippen LogP contribution in [0.3, 0.4) is 0 Å². The highest BCUT2D eigenvalue weighted by molar-refractivity contribution is 5.77. The van der Waals surface area contributed by atoms with Gasteiger partial charge in [0.1, 0.15) is 12.7 Å². The van der Waals surface area contributed by atoms with Crippen molar-refractivity contribution in [2.45, 2.75) is 25.6 Å². The maximum atomic E-state index is 12.5. The van der Waals surface area contributed by atoms with Crippen LogP contribution in [0.15, 0.2) is 42.7 Å². The first-order valence-electron chi connectivity index (χ1n) is 9.18. The van der Waals surface area contributed by atoms with E-state index in [4.69, 9.17) is 9.47 Å². The first-order valence-corrected chi connectivity index (χ1v) is 9.18. The summed E-state index contributed by atoms with van der Waals surface area (Å²) in [6.07, 6.45) is 4.95. The molecule has 1 aliphatic heterocycles. The van der Waals surface area contributed by atoms with Crippen LogP contribution in [-0.2, 0) is 16.1 Å². The topological polar surface area (TPSA) is 67.8 Å². The molecule has 7 nitrogen and oxygen atoms in total. The number of benzene rings is 1. The fourth-order valence-electron chi connectivity index (χ4n) is 3.05. The van der Waals surface area contributed by atoms with Crippen molar-refractivity contribution in [3.8, 4) is 5.88 Å². The largest absolute Gasteiger partial charge is 0.470 e. The molecular weight excluding hydrogens is 344 g/mol. The van der Waals surface area contributed by atoms with Gasteiger partial charge in [-0.3, -0.25) is 4.79 Å². The van der Waals surface area contributed by atoms with Crippen molar-refractivity contribution in [2.24, 2.45) is 0 Å². The highest BCUT2D eigenvalue weighted by Crippen LogP contribution is 2.24. The number of rotatable bonds is 7. The summed E-state index contributed by atoms with van der Waals surface area (Å²) in [7, 11) is 3.80. The van der Waals surface area contributed by atoms with Crippen LogP contribution in [0.2, 0.25) is 0 Å². The van der Waals surface area contributed by atoms with Gasteiger partial charge in [0.25, 0.3) is 5.88 Å². The molecule has 2 heterocycles. The molecule has 1 atom stereocenters. The Morgan fingerprint density at radius 1 is 1.22 bits per heavy atom. The number of hydrogen-bond acceptors (Lipinski definition) is 6. The molecule has 1 unspecified atom stereocenters. The summed E-state index contributed by atoms with van der Waals surface area (Å²) in [6, 6.07) is 9.85. The molecule has 0 saturated carbocycles. The molecule has 7 heteroatoms. The molecule has 1 amide bonds. The van der Waals surface area contributed by atoms with E-state index in [9.17, 15) is 4.79 Å². The van der Waals surface area contributed by atoms with Gasteiger partial charge in [0.05, 0.1) is 13.2 Å². The number of likely N-dealkylation sites (tertiary alicyclic amines) is 1. The molecule has 1 aromatic carbocycles. The van der Waals surface area contributed by atoms with E-state index in [0.29, 0.717) is 24.8 Å². The zero-order valence-corrected chi connectivity index (χ0v) is 15.9. The number of nitrogens with zero attached hydrogens (tertiary/aromatic N) is 4. The lowest BCUT2D eigenvalue weighted by atomic mass is 10.1. The van der Waals surface area contributed by atoms with Gasteiger partial charge in [-0.15, -0.1) is 0 Å². The third-order valence-electron chi connectivity index (χ3n) is 4.42. The predicted octanol–water partition coefficient (Wildman–Crippen LogP) is 2.13. The SMILES string of the molecule is CN(C)c1nccnc1OC1CCCN(C(=O)COCc2ccccc2)C1. The van der Waals surface area contributed by atoms with E-state index >= 15 is 0 Å². The van der Waals surface area contributed by atoms with Crippen LogP contribution >= 0.6 is 0 Å². The quantitative estimate of drug-likeness (QED) is 0.744. The number of hydrogen-bond donors (Lipinski definition) is 0. The lowest BCUT2D eigenvalue weighted by molar-refractivity contribution is -0.139. The van der Waals surface area contributed by atoms with E-state index in [-0.39, 0.29) is 18.6 Å². The van der Waals surface area contributed by atoms with Gasteiger partial charge < -0.3 is 19.3 Å². The average Bonchev–Trinajstić information content (AvgIpc) is 2.69. The Hall–Kier alpha value is -2.67. The minimum Gasteiger partial charge on any atom is -0.470 e. The lowest BCUT2D eigenvalue weighted by Crippen LogP contribution is -2.45. The van der Waals surface area contributed by atoms with Gasteiger partial charge in [-0.2, -0.15) is 0 Å². The molecule has 1 saturated heterocycles. The Labute approximate surface area is 159 Å². The Bertz CT molecular complexity index is 739. The van der Waals surface area contributed by atoms with Crippen LogP contribution in [-0.4, -0.2) is 60.7 Å². The molecule has 1 aromatic heterocycles. The van der Waals surface area contributed by atoms with Gasteiger partial charge in [-0.25, -0.2) is 9.97 Å². The number of carbonyl (C=O) groups is 1. The number of ether oxygens (including phenoxy) is 2. The molecule has 27 heavy (non-hydrogen) atoms. The number of aromatic nitrogens is 2. The predicted molar refractivity (Wildman–Crippen MR) is 103 cm³/mol. The van der Waals surface area contributed by atoms with Crippen molar-refractivity contribution in [2.75, 3.05) is 38.7 Å². The minimum absolute atomic E-state index is 0.00814. The number of anilines is 1. The zero-order valence-electron chi connectivity index (χ0n) is 15.9. The van der Waals surface area contributed by atoms with Gasteiger partial charge in [-0.1, -0.05) is 30.3 Å². The number of amides is 1. The highest BCUT2D eigenvalue weighted by Gasteiger charge is 2.26. The summed E-state index contributed by atoms with van der Waals surface area (Å²) in [5.74, 6) is 1.18.